The molecule has 2 heterocycles. The highest BCUT2D eigenvalue weighted by Crippen LogP contribution is 2.59. The fraction of sp³-hybridized carbons (Fsp3) is 0.483. The van der Waals surface area contributed by atoms with Gasteiger partial charge in [0.2, 0.25) is 0 Å². The maximum Gasteiger partial charge on any atom is 0.308 e. The van der Waals surface area contributed by atoms with Crippen molar-refractivity contribution in [1.29, 1.82) is 0 Å². The molecule has 4 aromatic rings. The molecule has 76 heavy (non-hydrogen) atoms. The van der Waals surface area contributed by atoms with Crippen LogP contribution in [0.3, 0.4) is 0 Å². The van der Waals surface area contributed by atoms with Gasteiger partial charge in [-0.1, -0.05) is 65.5 Å². The minimum atomic E-state index is -1.33. The highest BCUT2D eigenvalue weighted by molar-refractivity contribution is 5.77. The van der Waals surface area contributed by atoms with E-state index < -0.39 is 66.1 Å². The molecule has 5 atom stereocenters. The van der Waals surface area contributed by atoms with Gasteiger partial charge in [0.25, 0.3) is 0 Å². The lowest BCUT2D eigenvalue weighted by molar-refractivity contribution is -0.154. The van der Waals surface area contributed by atoms with Gasteiger partial charge in [-0.3, -0.25) is 28.8 Å². The molecule has 0 radical (unpaired) electrons. The summed E-state index contributed by atoms with van der Waals surface area (Å²) < 4.78 is 75.1. The normalized spacial score (nSPS) is 17.3. The van der Waals surface area contributed by atoms with Crippen LogP contribution < -0.4 is 47.4 Å². The molecular weight excluding hydrogens is 985 g/mol. The van der Waals surface area contributed by atoms with Crippen molar-refractivity contribution >= 4 is 35.8 Å². The molecule has 2 aliphatic heterocycles. The number of ether oxygens (including phenoxy) is 12. The summed E-state index contributed by atoms with van der Waals surface area (Å²) in [4.78, 5) is 77.8. The van der Waals surface area contributed by atoms with Gasteiger partial charge in [0.05, 0.1) is 32.3 Å². The van der Waals surface area contributed by atoms with E-state index >= 15 is 0 Å². The molecule has 0 fully saturated rings. The monoisotopic (exact) mass is 1050 g/mol. The maximum atomic E-state index is 13.8. The van der Waals surface area contributed by atoms with E-state index in [1.54, 1.807) is 30.3 Å². The summed E-state index contributed by atoms with van der Waals surface area (Å²) in [7, 11) is 0. The van der Waals surface area contributed by atoms with Crippen LogP contribution in [-0.2, 0) is 44.7 Å². The maximum absolute atomic E-state index is 13.8. The molecule has 0 aromatic heterocycles. The first-order chi connectivity index (χ1) is 36.5. The Morgan fingerprint density at radius 1 is 0.461 bits per heavy atom. The first kappa shape index (κ1) is 57.8. The largest absolute Gasteiger partial charge is 0.493 e. The standard InChI is InChI=1S/C58H70O18/c1-11-15-23-65-41-29-48(68-26-18-14-4)52-49(30-41)75-56(40-19-21-43(66-24-16-12-2)46(27-40)67-25-17-13-3)58(74-38(10)64)54(52)53-50(72-36(8)62)32-45(70-34(6)60)42-31-51(73-37(9)63)55(76-57(42)53)39-20-22-44(69-33(5)59)47(28-39)71-35(7)61/h19-22,27-30,32,51,54-56,58H,11-18,23-26,31H2,1-10H3. The molecule has 0 aliphatic carbocycles. The Morgan fingerprint density at radius 3 is 1.54 bits per heavy atom. The molecule has 410 valence electrons. The number of esters is 6. The van der Waals surface area contributed by atoms with Gasteiger partial charge in [-0.15, -0.1) is 0 Å². The third-order valence-electron chi connectivity index (χ3n) is 12.2. The van der Waals surface area contributed by atoms with E-state index in [1.165, 1.54) is 65.8 Å². The Kier molecular flexibility index (Phi) is 20.8. The van der Waals surface area contributed by atoms with Crippen molar-refractivity contribution in [3.8, 4) is 57.5 Å². The Balaban J connectivity index is 1.74. The molecule has 4 aromatic carbocycles. The summed E-state index contributed by atoms with van der Waals surface area (Å²) in [6.45, 7) is 16.9. The van der Waals surface area contributed by atoms with Gasteiger partial charge >= 0.3 is 35.8 Å². The SMILES string of the molecule is CCCCOc1cc(OCCCC)c2c(c1)OC(c1ccc(OCCCC)c(OCCCC)c1)C(OC(C)=O)C2c1c(OC(C)=O)cc(OC(C)=O)c2c1OC(c1ccc(OC(C)=O)c(OC(C)=O)c1)C(OC(C)=O)C2. The van der Waals surface area contributed by atoms with Crippen molar-refractivity contribution in [1.82, 2.24) is 0 Å². The van der Waals surface area contributed by atoms with Crippen LogP contribution in [0.1, 0.15) is 167 Å². The van der Waals surface area contributed by atoms with Gasteiger partial charge in [-0.2, -0.15) is 0 Å². The van der Waals surface area contributed by atoms with E-state index in [0.29, 0.717) is 60.4 Å². The third-order valence-corrected chi connectivity index (χ3v) is 12.2. The Bertz CT molecular complexity index is 2730. The third kappa shape index (κ3) is 14.9. The van der Waals surface area contributed by atoms with E-state index in [9.17, 15) is 28.8 Å². The van der Waals surface area contributed by atoms with Gasteiger partial charge in [0.1, 0.15) is 40.6 Å². The molecule has 18 nitrogen and oxygen atoms in total. The Morgan fingerprint density at radius 2 is 0.961 bits per heavy atom. The average Bonchev–Trinajstić information content (AvgIpc) is 3.34. The van der Waals surface area contributed by atoms with Crippen molar-refractivity contribution in [2.24, 2.45) is 0 Å². The molecule has 0 bridgehead atoms. The quantitative estimate of drug-likeness (QED) is 0.0343. The second kappa shape index (κ2) is 27.3. The number of fused-ring (bicyclic) bond motifs is 2. The van der Waals surface area contributed by atoms with E-state index in [-0.39, 0.29) is 64.2 Å². The van der Waals surface area contributed by atoms with Crippen molar-refractivity contribution in [3.05, 3.63) is 82.4 Å². The number of hydrogen-bond acceptors (Lipinski definition) is 18. The number of carbonyl (C=O) groups is 6. The van der Waals surface area contributed by atoms with E-state index in [4.69, 9.17) is 56.8 Å². The lowest BCUT2D eigenvalue weighted by Crippen LogP contribution is -2.40. The molecule has 5 unspecified atom stereocenters. The summed E-state index contributed by atoms with van der Waals surface area (Å²) in [6, 6.07) is 14.6. The fourth-order valence-corrected chi connectivity index (χ4v) is 8.93. The smallest absolute Gasteiger partial charge is 0.308 e. The van der Waals surface area contributed by atoms with Crippen LogP contribution in [0.25, 0.3) is 0 Å². The minimum Gasteiger partial charge on any atom is -0.493 e. The molecule has 18 heteroatoms. The zero-order valence-electron chi connectivity index (χ0n) is 45.1. The summed E-state index contributed by atoms with van der Waals surface area (Å²) in [5.74, 6) is -4.07. The Hall–Kier alpha value is -7.50. The fourth-order valence-electron chi connectivity index (χ4n) is 8.93. The van der Waals surface area contributed by atoms with Gasteiger partial charge in [0.15, 0.2) is 41.3 Å². The summed E-state index contributed by atoms with van der Waals surface area (Å²) in [6.07, 6.45) is 1.36. The number of unbranched alkanes of at least 4 members (excludes halogenated alkanes) is 4. The van der Waals surface area contributed by atoms with Crippen molar-refractivity contribution in [3.63, 3.8) is 0 Å². The van der Waals surface area contributed by atoms with E-state index in [1.807, 2.05) is 6.92 Å². The Labute approximate surface area is 443 Å². The van der Waals surface area contributed by atoms with Gasteiger partial charge < -0.3 is 56.8 Å². The summed E-state index contributed by atoms with van der Waals surface area (Å²) >= 11 is 0. The predicted molar refractivity (Wildman–Crippen MR) is 276 cm³/mol. The summed E-state index contributed by atoms with van der Waals surface area (Å²) in [5, 5.41) is 0. The average molecular weight is 1060 g/mol. The van der Waals surface area contributed by atoms with Crippen molar-refractivity contribution in [2.45, 2.75) is 157 Å². The van der Waals surface area contributed by atoms with Crippen LogP contribution in [-0.4, -0.2) is 74.5 Å². The molecule has 2 aliphatic rings. The van der Waals surface area contributed by atoms with Crippen LogP contribution in [0, 0.1) is 0 Å². The van der Waals surface area contributed by atoms with Crippen LogP contribution >= 0.6 is 0 Å². The topological polar surface area (TPSA) is 213 Å². The molecule has 6 rings (SSSR count). The molecular formula is C58H70O18. The minimum absolute atomic E-state index is 0.0127. The number of rotatable bonds is 25. The first-order valence-corrected chi connectivity index (χ1v) is 26.0. The molecule has 0 saturated carbocycles. The van der Waals surface area contributed by atoms with Crippen molar-refractivity contribution < 1.29 is 85.6 Å². The molecule has 0 amide bonds. The van der Waals surface area contributed by atoms with Gasteiger partial charge in [0, 0.05) is 94.0 Å². The predicted octanol–water partition coefficient (Wildman–Crippen LogP) is 10.9. The zero-order chi connectivity index (χ0) is 55.1. The molecule has 0 saturated heterocycles. The highest BCUT2D eigenvalue weighted by Gasteiger charge is 2.50. The number of benzene rings is 4. The second-order valence-corrected chi connectivity index (χ2v) is 18.5. The van der Waals surface area contributed by atoms with Gasteiger partial charge in [-0.05, 0) is 49.9 Å². The first-order valence-electron chi connectivity index (χ1n) is 26.0. The van der Waals surface area contributed by atoms with E-state index in [2.05, 4.69) is 20.8 Å². The van der Waals surface area contributed by atoms with Crippen LogP contribution in [0.2, 0.25) is 0 Å². The lowest BCUT2D eigenvalue weighted by Gasteiger charge is -2.42. The zero-order valence-corrected chi connectivity index (χ0v) is 45.1. The highest BCUT2D eigenvalue weighted by atomic mass is 16.6. The number of hydrogen-bond donors (Lipinski definition) is 0. The lowest BCUT2D eigenvalue weighted by atomic mass is 9.77. The van der Waals surface area contributed by atoms with Crippen LogP contribution in [0.5, 0.6) is 57.5 Å². The van der Waals surface area contributed by atoms with E-state index in [0.717, 1.165) is 44.9 Å². The number of carbonyl (C=O) groups excluding carboxylic acids is 6. The van der Waals surface area contributed by atoms with Crippen LogP contribution in [0.4, 0.5) is 0 Å². The van der Waals surface area contributed by atoms with Gasteiger partial charge in [-0.25, -0.2) is 0 Å². The molecule has 0 N–H and O–H groups in total. The van der Waals surface area contributed by atoms with Crippen LogP contribution in [0.15, 0.2) is 54.6 Å². The molecule has 0 spiro atoms. The summed E-state index contributed by atoms with van der Waals surface area (Å²) in [5.41, 5.74) is 1.49. The van der Waals surface area contributed by atoms with Crippen molar-refractivity contribution in [2.75, 3.05) is 26.4 Å². The second-order valence-electron chi connectivity index (χ2n) is 18.5.